The summed E-state index contributed by atoms with van der Waals surface area (Å²) in [5.74, 6) is -0.399. The molecule has 4 heteroatoms. The van der Waals surface area contributed by atoms with Crippen LogP contribution in [0.15, 0.2) is 72.3 Å². The summed E-state index contributed by atoms with van der Waals surface area (Å²) in [5, 5.41) is 14.4. The Labute approximate surface area is 155 Å². The molecule has 0 aromatic heterocycles. The predicted octanol–water partition coefficient (Wildman–Crippen LogP) is 2.69. The number of benzene rings is 2. The van der Waals surface area contributed by atoms with E-state index in [0.29, 0.717) is 17.7 Å². The summed E-state index contributed by atoms with van der Waals surface area (Å²) >= 11 is 0. The molecule has 0 unspecified atom stereocenters. The molecule has 2 aromatic rings. The molecule has 1 heterocycles. The van der Waals surface area contributed by atoms with Gasteiger partial charge in [0.05, 0.1) is 0 Å². The van der Waals surface area contributed by atoms with Crippen molar-refractivity contribution >= 4 is 5.91 Å². The molecule has 1 amide bonds. The topological polar surface area (TPSA) is 52.6 Å². The average molecular weight is 350 g/mol. The Hall–Kier alpha value is -2.43. The largest absolute Gasteiger partial charge is 0.372 e. The third-order valence-corrected chi connectivity index (χ3v) is 4.94. The highest BCUT2D eigenvalue weighted by Gasteiger charge is 2.39. The lowest BCUT2D eigenvalue weighted by Crippen LogP contribution is -2.46. The zero-order valence-electron chi connectivity index (χ0n) is 15.2. The molecule has 0 atom stereocenters. The number of carbonyl (C=O) groups excluding carboxylic acids is 1. The first kappa shape index (κ1) is 18.4. The second-order valence-electron chi connectivity index (χ2n) is 6.64. The van der Waals surface area contributed by atoms with Crippen LogP contribution in [0.3, 0.4) is 0 Å². The monoisotopic (exact) mass is 350 g/mol. The Morgan fingerprint density at radius 2 is 1.65 bits per heavy atom. The van der Waals surface area contributed by atoms with Gasteiger partial charge < -0.3 is 10.4 Å². The molecule has 0 radical (unpaired) electrons. The van der Waals surface area contributed by atoms with Gasteiger partial charge in [0.1, 0.15) is 0 Å². The Morgan fingerprint density at radius 1 is 1.08 bits per heavy atom. The lowest BCUT2D eigenvalue weighted by Gasteiger charge is -2.30. The van der Waals surface area contributed by atoms with Gasteiger partial charge in [-0.05, 0) is 29.7 Å². The van der Waals surface area contributed by atoms with Crippen molar-refractivity contribution < 1.29 is 9.90 Å². The van der Waals surface area contributed by atoms with Crippen LogP contribution in [0, 0.1) is 0 Å². The van der Waals surface area contributed by atoms with E-state index in [1.165, 1.54) is 5.57 Å². The fourth-order valence-electron chi connectivity index (χ4n) is 3.39. The number of nitrogens with one attached hydrogen (secondary N) is 1. The SMILES string of the molecule is CCN1CCC=C(CNC(=O)C(O)(c2ccccc2)c2ccccc2)C1. The molecule has 0 aliphatic carbocycles. The normalized spacial score (nSPS) is 15.4. The minimum Gasteiger partial charge on any atom is -0.372 e. The van der Waals surface area contributed by atoms with Gasteiger partial charge in [-0.2, -0.15) is 0 Å². The van der Waals surface area contributed by atoms with E-state index >= 15 is 0 Å². The summed E-state index contributed by atoms with van der Waals surface area (Å²) in [7, 11) is 0. The number of hydrogen-bond donors (Lipinski definition) is 2. The first-order valence-electron chi connectivity index (χ1n) is 9.16. The van der Waals surface area contributed by atoms with Gasteiger partial charge in [0.15, 0.2) is 5.60 Å². The van der Waals surface area contributed by atoms with Crippen molar-refractivity contribution in [3.8, 4) is 0 Å². The van der Waals surface area contributed by atoms with Crippen molar-refractivity contribution in [2.24, 2.45) is 0 Å². The van der Waals surface area contributed by atoms with Crippen molar-refractivity contribution in [3.05, 3.63) is 83.4 Å². The molecule has 136 valence electrons. The molecule has 4 nitrogen and oxygen atoms in total. The van der Waals surface area contributed by atoms with Crippen LogP contribution >= 0.6 is 0 Å². The minimum absolute atomic E-state index is 0.399. The molecule has 0 fully saturated rings. The maximum absolute atomic E-state index is 13.1. The molecule has 1 aliphatic heterocycles. The minimum atomic E-state index is -1.71. The van der Waals surface area contributed by atoms with Crippen LogP contribution < -0.4 is 5.32 Å². The highest BCUT2D eigenvalue weighted by atomic mass is 16.3. The fourth-order valence-corrected chi connectivity index (χ4v) is 3.39. The summed E-state index contributed by atoms with van der Waals surface area (Å²) in [4.78, 5) is 15.4. The van der Waals surface area contributed by atoms with Gasteiger partial charge in [0.2, 0.25) is 0 Å². The molecule has 2 N–H and O–H groups in total. The molecule has 0 bridgehead atoms. The van der Waals surface area contributed by atoms with Gasteiger partial charge in [0.25, 0.3) is 5.91 Å². The van der Waals surface area contributed by atoms with Crippen LogP contribution in [0.5, 0.6) is 0 Å². The summed E-state index contributed by atoms with van der Waals surface area (Å²) in [6.07, 6.45) is 3.19. The molecule has 1 aliphatic rings. The van der Waals surface area contributed by atoms with Gasteiger partial charge in [-0.3, -0.25) is 9.69 Å². The van der Waals surface area contributed by atoms with Gasteiger partial charge >= 0.3 is 0 Å². The smallest absolute Gasteiger partial charge is 0.261 e. The Morgan fingerprint density at radius 3 is 2.19 bits per heavy atom. The Kier molecular flexibility index (Phi) is 5.86. The Bertz CT molecular complexity index is 717. The molecular weight excluding hydrogens is 324 g/mol. The van der Waals surface area contributed by atoms with Gasteiger partial charge in [-0.1, -0.05) is 73.7 Å². The third kappa shape index (κ3) is 3.87. The number of likely N-dealkylation sites (N-methyl/N-ethyl adjacent to an activating group) is 1. The van der Waals surface area contributed by atoms with E-state index in [1.807, 2.05) is 36.4 Å². The van der Waals surface area contributed by atoms with E-state index < -0.39 is 11.5 Å². The third-order valence-electron chi connectivity index (χ3n) is 4.94. The molecule has 26 heavy (non-hydrogen) atoms. The number of hydrogen-bond acceptors (Lipinski definition) is 3. The van der Waals surface area contributed by atoms with Crippen LogP contribution in [0.1, 0.15) is 24.5 Å². The summed E-state index contributed by atoms with van der Waals surface area (Å²) in [5.41, 5.74) is 0.616. The van der Waals surface area contributed by atoms with E-state index in [2.05, 4.69) is 23.2 Å². The van der Waals surface area contributed by atoms with Crippen LogP contribution in [-0.2, 0) is 10.4 Å². The van der Waals surface area contributed by atoms with E-state index in [-0.39, 0.29) is 0 Å². The van der Waals surface area contributed by atoms with Gasteiger partial charge in [-0.15, -0.1) is 0 Å². The zero-order valence-corrected chi connectivity index (χ0v) is 15.2. The number of nitrogens with zero attached hydrogens (tertiary/aromatic N) is 1. The highest BCUT2D eigenvalue weighted by molar-refractivity contribution is 5.90. The number of carbonyl (C=O) groups is 1. The van der Waals surface area contributed by atoms with Gasteiger partial charge in [0, 0.05) is 19.6 Å². The first-order valence-corrected chi connectivity index (χ1v) is 9.16. The maximum atomic E-state index is 13.1. The van der Waals surface area contributed by atoms with Crippen LogP contribution in [0.4, 0.5) is 0 Å². The summed E-state index contributed by atoms with van der Waals surface area (Å²) in [6, 6.07) is 18.2. The lowest BCUT2D eigenvalue weighted by molar-refractivity contribution is -0.136. The zero-order chi connectivity index (χ0) is 18.4. The van der Waals surface area contributed by atoms with Gasteiger partial charge in [-0.25, -0.2) is 0 Å². The molecule has 0 saturated carbocycles. The van der Waals surface area contributed by atoms with Crippen molar-refractivity contribution in [1.29, 1.82) is 0 Å². The van der Waals surface area contributed by atoms with E-state index in [1.54, 1.807) is 24.3 Å². The quantitative estimate of drug-likeness (QED) is 0.788. The second kappa shape index (κ2) is 8.30. The number of aliphatic hydroxyl groups is 1. The fraction of sp³-hybridized carbons (Fsp3) is 0.318. The van der Waals surface area contributed by atoms with Crippen molar-refractivity contribution in [2.45, 2.75) is 18.9 Å². The van der Waals surface area contributed by atoms with Crippen molar-refractivity contribution in [1.82, 2.24) is 10.2 Å². The maximum Gasteiger partial charge on any atom is 0.261 e. The van der Waals surface area contributed by atoms with E-state index in [4.69, 9.17) is 0 Å². The van der Waals surface area contributed by atoms with Crippen LogP contribution in [-0.4, -0.2) is 42.1 Å². The Balaban J connectivity index is 1.81. The summed E-state index contributed by atoms with van der Waals surface area (Å²) < 4.78 is 0. The first-order chi connectivity index (χ1) is 12.6. The van der Waals surface area contributed by atoms with Crippen molar-refractivity contribution in [2.75, 3.05) is 26.2 Å². The average Bonchev–Trinajstić information content (AvgIpc) is 2.72. The molecule has 3 rings (SSSR count). The van der Waals surface area contributed by atoms with Crippen LogP contribution in [0.2, 0.25) is 0 Å². The molecule has 2 aromatic carbocycles. The number of amides is 1. The predicted molar refractivity (Wildman–Crippen MR) is 104 cm³/mol. The molecular formula is C22H26N2O2. The molecule has 0 saturated heterocycles. The standard InChI is InChI=1S/C22H26N2O2/c1-2-24-15-9-10-18(17-24)16-23-21(25)22(26,19-11-5-3-6-12-19)20-13-7-4-8-14-20/h3-8,10-14,26H,2,9,15-17H2,1H3,(H,23,25). The summed E-state index contributed by atoms with van der Waals surface area (Å²) in [6.45, 7) is 5.53. The number of rotatable bonds is 6. The second-order valence-corrected chi connectivity index (χ2v) is 6.64. The molecule has 0 spiro atoms. The highest BCUT2D eigenvalue weighted by Crippen LogP contribution is 2.29. The van der Waals surface area contributed by atoms with Crippen molar-refractivity contribution in [3.63, 3.8) is 0 Å². The lowest BCUT2D eigenvalue weighted by atomic mass is 9.85. The van der Waals surface area contributed by atoms with E-state index in [0.717, 1.165) is 26.1 Å². The van der Waals surface area contributed by atoms with E-state index in [9.17, 15) is 9.90 Å². The van der Waals surface area contributed by atoms with Crippen LogP contribution in [0.25, 0.3) is 0 Å².